The molecular weight excluding hydrogens is 529 g/mol. The smallest absolute Gasteiger partial charge is 0.193 e. The maximum Gasteiger partial charge on any atom is 0.193 e. The SMILES string of the molecule is COc1ccc(OC)c(NC(N)=NCC(C)Sc2ccc(Br)cc2)c1.I. The second-order valence-electron chi connectivity index (χ2n) is 5.30. The van der Waals surface area contributed by atoms with Crippen LogP contribution >= 0.6 is 51.7 Å². The molecule has 0 amide bonds. The molecule has 1 atom stereocenters. The van der Waals surface area contributed by atoms with Crippen LogP contribution in [0.25, 0.3) is 0 Å². The van der Waals surface area contributed by atoms with Crippen LogP contribution in [-0.2, 0) is 0 Å². The molecule has 26 heavy (non-hydrogen) atoms. The predicted molar refractivity (Wildman–Crippen MR) is 125 cm³/mol. The van der Waals surface area contributed by atoms with Crippen molar-refractivity contribution in [2.75, 3.05) is 26.1 Å². The van der Waals surface area contributed by atoms with Crippen molar-refractivity contribution in [3.05, 3.63) is 46.9 Å². The maximum absolute atomic E-state index is 6.01. The number of benzene rings is 2. The third kappa shape index (κ3) is 7.24. The van der Waals surface area contributed by atoms with Gasteiger partial charge >= 0.3 is 0 Å². The molecule has 2 aromatic rings. The van der Waals surface area contributed by atoms with E-state index in [9.17, 15) is 0 Å². The van der Waals surface area contributed by atoms with Gasteiger partial charge in [-0.3, -0.25) is 4.99 Å². The number of nitrogens with two attached hydrogens (primary N) is 1. The Balaban J connectivity index is 0.00000338. The van der Waals surface area contributed by atoms with E-state index in [4.69, 9.17) is 15.2 Å². The van der Waals surface area contributed by atoms with E-state index < -0.39 is 0 Å². The van der Waals surface area contributed by atoms with E-state index in [1.165, 1.54) is 4.90 Å². The second-order valence-corrected chi connectivity index (χ2v) is 7.73. The first-order chi connectivity index (χ1) is 12.0. The number of thioether (sulfide) groups is 1. The molecule has 0 saturated heterocycles. The molecule has 0 aliphatic carbocycles. The average Bonchev–Trinajstić information content (AvgIpc) is 2.62. The van der Waals surface area contributed by atoms with Gasteiger partial charge in [0, 0.05) is 20.7 Å². The highest BCUT2D eigenvalue weighted by molar-refractivity contribution is 14.0. The largest absolute Gasteiger partial charge is 0.497 e. The van der Waals surface area contributed by atoms with Gasteiger partial charge in [0.1, 0.15) is 11.5 Å². The number of ether oxygens (including phenoxy) is 2. The van der Waals surface area contributed by atoms with Crippen molar-refractivity contribution < 1.29 is 9.47 Å². The van der Waals surface area contributed by atoms with Gasteiger partial charge in [-0.05, 0) is 36.4 Å². The quantitative estimate of drug-likeness (QED) is 0.219. The van der Waals surface area contributed by atoms with Crippen LogP contribution in [-0.4, -0.2) is 32.0 Å². The van der Waals surface area contributed by atoms with Crippen LogP contribution in [0.15, 0.2) is 56.8 Å². The monoisotopic (exact) mass is 551 g/mol. The minimum atomic E-state index is 0. The number of hydrogen-bond donors (Lipinski definition) is 2. The normalized spacial score (nSPS) is 12.1. The molecule has 8 heteroatoms. The van der Waals surface area contributed by atoms with Gasteiger partial charge in [0.25, 0.3) is 0 Å². The number of nitrogens with one attached hydrogen (secondary N) is 1. The fraction of sp³-hybridized carbons (Fsp3) is 0.278. The number of guanidine groups is 1. The number of aliphatic imine (C=N–C) groups is 1. The van der Waals surface area contributed by atoms with Crippen molar-refractivity contribution in [2.24, 2.45) is 10.7 Å². The van der Waals surface area contributed by atoms with E-state index in [-0.39, 0.29) is 24.0 Å². The zero-order valence-corrected chi connectivity index (χ0v) is 19.6. The summed E-state index contributed by atoms with van der Waals surface area (Å²) in [5, 5.41) is 3.37. The molecule has 5 nitrogen and oxygen atoms in total. The molecule has 0 bridgehead atoms. The molecule has 2 rings (SSSR count). The molecule has 0 fully saturated rings. The Morgan fingerprint density at radius 3 is 2.50 bits per heavy atom. The first-order valence-electron chi connectivity index (χ1n) is 7.73. The summed E-state index contributed by atoms with van der Waals surface area (Å²) in [6.07, 6.45) is 0. The number of halogens is 2. The Hall–Kier alpha value is -1.13. The molecule has 142 valence electrons. The van der Waals surface area contributed by atoms with Crippen LogP contribution in [0.4, 0.5) is 5.69 Å². The molecule has 0 aliphatic heterocycles. The zero-order valence-electron chi connectivity index (χ0n) is 14.9. The molecule has 3 N–H and O–H groups in total. The van der Waals surface area contributed by atoms with Crippen LogP contribution in [0.1, 0.15) is 6.92 Å². The number of hydrogen-bond acceptors (Lipinski definition) is 4. The van der Waals surface area contributed by atoms with Gasteiger partial charge in [-0.25, -0.2) is 0 Å². The first kappa shape index (κ1) is 22.9. The van der Waals surface area contributed by atoms with E-state index in [0.29, 0.717) is 23.5 Å². The average molecular weight is 552 g/mol. The standard InChI is InChI=1S/C18H22BrN3O2S.HI/c1-12(25-15-7-4-13(19)5-8-15)11-21-18(20)22-16-10-14(23-2)6-9-17(16)24-3;/h4-10,12H,11H2,1-3H3,(H3,20,21,22);1H. The van der Waals surface area contributed by atoms with Crippen LogP contribution < -0.4 is 20.5 Å². The third-order valence-electron chi connectivity index (χ3n) is 3.34. The van der Waals surface area contributed by atoms with Gasteiger partial charge in [-0.15, -0.1) is 35.7 Å². The van der Waals surface area contributed by atoms with E-state index in [0.717, 1.165) is 15.9 Å². The number of anilines is 1. The molecule has 0 saturated carbocycles. The molecule has 1 unspecified atom stereocenters. The molecule has 0 aromatic heterocycles. The third-order valence-corrected chi connectivity index (χ3v) is 4.96. The van der Waals surface area contributed by atoms with Crippen molar-refractivity contribution in [3.63, 3.8) is 0 Å². The lowest BCUT2D eigenvalue weighted by atomic mass is 10.2. The van der Waals surface area contributed by atoms with Crippen LogP contribution in [0.3, 0.4) is 0 Å². The summed E-state index contributed by atoms with van der Waals surface area (Å²) in [5.74, 6) is 1.74. The van der Waals surface area contributed by atoms with Crippen LogP contribution in [0, 0.1) is 0 Å². The van der Waals surface area contributed by atoms with Crippen molar-refractivity contribution >= 4 is 63.3 Å². The Morgan fingerprint density at radius 2 is 1.88 bits per heavy atom. The van der Waals surface area contributed by atoms with E-state index in [2.05, 4.69) is 45.3 Å². The highest BCUT2D eigenvalue weighted by Crippen LogP contribution is 2.29. The number of nitrogens with zero attached hydrogens (tertiary/aromatic N) is 1. The molecule has 0 radical (unpaired) electrons. The van der Waals surface area contributed by atoms with Crippen molar-refractivity contribution in [3.8, 4) is 11.5 Å². The minimum Gasteiger partial charge on any atom is -0.497 e. The Morgan fingerprint density at radius 1 is 1.19 bits per heavy atom. The van der Waals surface area contributed by atoms with E-state index in [1.807, 2.05) is 30.3 Å². The maximum atomic E-state index is 6.01. The predicted octanol–water partition coefficient (Wildman–Crippen LogP) is 4.99. The number of rotatable bonds is 7. The summed E-state index contributed by atoms with van der Waals surface area (Å²) in [6.45, 7) is 2.72. The Bertz CT molecular complexity index is 729. The number of methoxy groups -OCH3 is 2. The van der Waals surface area contributed by atoms with Crippen LogP contribution in [0.2, 0.25) is 0 Å². The molecule has 2 aromatic carbocycles. The van der Waals surface area contributed by atoms with Gasteiger partial charge < -0.3 is 20.5 Å². The summed E-state index contributed by atoms with van der Waals surface area (Å²) in [4.78, 5) is 5.62. The summed E-state index contributed by atoms with van der Waals surface area (Å²) >= 11 is 5.20. The molecule has 0 heterocycles. The summed E-state index contributed by atoms with van der Waals surface area (Å²) in [7, 11) is 3.22. The molecule has 0 spiro atoms. The highest BCUT2D eigenvalue weighted by atomic mass is 127. The van der Waals surface area contributed by atoms with Gasteiger partial charge in [-0.2, -0.15) is 0 Å². The molecule has 0 aliphatic rings. The fourth-order valence-electron chi connectivity index (χ4n) is 2.10. The van der Waals surface area contributed by atoms with Gasteiger partial charge in [-0.1, -0.05) is 22.9 Å². The minimum absolute atomic E-state index is 0. The fourth-order valence-corrected chi connectivity index (χ4v) is 3.27. The van der Waals surface area contributed by atoms with E-state index >= 15 is 0 Å². The molecular formula is C18H23BrIN3O2S. The lowest BCUT2D eigenvalue weighted by Crippen LogP contribution is -2.24. The highest BCUT2D eigenvalue weighted by Gasteiger charge is 2.08. The topological polar surface area (TPSA) is 68.9 Å². The van der Waals surface area contributed by atoms with Crippen molar-refractivity contribution in [2.45, 2.75) is 17.1 Å². The summed E-state index contributed by atoms with van der Waals surface area (Å²) in [5.41, 5.74) is 6.73. The zero-order chi connectivity index (χ0) is 18.2. The first-order valence-corrected chi connectivity index (χ1v) is 9.40. The van der Waals surface area contributed by atoms with Gasteiger partial charge in [0.2, 0.25) is 0 Å². The summed E-state index contributed by atoms with van der Waals surface area (Å²) in [6, 6.07) is 13.7. The van der Waals surface area contributed by atoms with Gasteiger partial charge in [0.05, 0.1) is 26.5 Å². The van der Waals surface area contributed by atoms with E-state index in [1.54, 1.807) is 26.0 Å². The Kier molecular flexibility index (Phi) is 10.2. The Labute approximate surface area is 184 Å². The van der Waals surface area contributed by atoms with Crippen LogP contribution in [0.5, 0.6) is 11.5 Å². The lowest BCUT2D eigenvalue weighted by molar-refractivity contribution is 0.405. The lowest BCUT2D eigenvalue weighted by Gasteiger charge is -2.13. The van der Waals surface area contributed by atoms with Gasteiger partial charge in [0.15, 0.2) is 5.96 Å². The van der Waals surface area contributed by atoms with Crippen molar-refractivity contribution in [1.82, 2.24) is 0 Å². The summed E-state index contributed by atoms with van der Waals surface area (Å²) < 4.78 is 11.6. The van der Waals surface area contributed by atoms with Crippen molar-refractivity contribution in [1.29, 1.82) is 0 Å². The second kappa shape index (κ2) is 11.6.